The summed E-state index contributed by atoms with van der Waals surface area (Å²) in [5.41, 5.74) is 1.94. The Hall–Kier alpha value is -2.42. The molecule has 6 nitrogen and oxygen atoms in total. The van der Waals surface area contributed by atoms with Crippen molar-refractivity contribution in [2.75, 3.05) is 26.6 Å². The first-order chi connectivity index (χ1) is 14.1. The highest BCUT2D eigenvalue weighted by molar-refractivity contribution is 7.98. The van der Waals surface area contributed by atoms with E-state index >= 15 is 0 Å². The van der Waals surface area contributed by atoms with E-state index in [-0.39, 0.29) is 11.9 Å². The minimum absolute atomic E-state index is 0.293. The number of ether oxygens (including phenoxy) is 2. The quantitative estimate of drug-likeness (QED) is 0.419. The van der Waals surface area contributed by atoms with Crippen molar-refractivity contribution in [3.05, 3.63) is 58.4 Å². The van der Waals surface area contributed by atoms with Crippen LogP contribution in [-0.2, 0) is 16.0 Å². The van der Waals surface area contributed by atoms with Crippen LogP contribution in [0.3, 0.4) is 0 Å². The summed E-state index contributed by atoms with van der Waals surface area (Å²) in [6, 6.07) is 12.8. The Morgan fingerprint density at radius 2 is 2.00 bits per heavy atom. The number of carbonyl (C=O) groups excluding carboxylic acids is 2. The minimum atomic E-state index is -0.366. The Kier molecular flexibility index (Phi) is 7.24. The molecule has 0 aliphatic carbocycles. The third kappa shape index (κ3) is 4.77. The maximum Gasteiger partial charge on any atom is 0.338 e. The fourth-order valence-electron chi connectivity index (χ4n) is 2.87. The van der Waals surface area contributed by atoms with Gasteiger partial charge in [0.2, 0.25) is 0 Å². The van der Waals surface area contributed by atoms with Gasteiger partial charge in [-0.3, -0.25) is 4.79 Å². The van der Waals surface area contributed by atoms with E-state index in [4.69, 9.17) is 9.47 Å². The Morgan fingerprint density at radius 3 is 2.72 bits per heavy atom. The van der Waals surface area contributed by atoms with Crippen molar-refractivity contribution in [3.8, 4) is 0 Å². The number of benzene rings is 2. The van der Waals surface area contributed by atoms with Gasteiger partial charge in [0.25, 0.3) is 5.91 Å². The summed E-state index contributed by atoms with van der Waals surface area (Å²) in [6.07, 6.45) is 1.93. The Balaban J connectivity index is 2.10. The highest BCUT2D eigenvalue weighted by Crippen LogP contribution is 2.22. The van der Waals surface area contributed by atoms with E-state index in [2.05, 4.69) is 4.99 Å². The van der Waals surface area contributed by atoms with Crippen molar-refractivity contribution in [2.45, 2.75) is 18.4 Å². The van der Waals surface area contributed by atoms with Gasteiger partial charge in [-0.2, -0.15) is 4.99 Å². The van der Waals surface area contributed by atoms with E-state index < -0.39 is 0 Å². The van der Waals surface area contributed by atoms with Crippen LogP contribution in [0.25, 0.3) is 10.2 Å². The normalized spacial score (nSPS) is 11.8. The summed E-state index contributed by atoms with van der Waals surface area (Å²) in [5.74, 6) is -0.659. The molecule has 0 unspecified atom stereocenters. The maximum atomic E-state index is 12.9. The van der Waals surface area contributed by atoms with Gasteiger partial charge in [0.05, 0.1) is 34.6 Å². The molecule has 0 aliphatic rings. The van der Waals surface area contributed by atoms with Crippen LogP contribution >= 0.6 is 23.1 Å². The van der Waals surface area contributed by atoms with Crippen molar-refractivity contribution < 1.29 is 19.1 Å². The molecule has 3 rings (SSSR count). The second-order valence-corrected chi connectivity index (χ2v) is 7.91. The van der Waals surface area contributed by atoms with E-state index in [0.29, 0.717) is 35.7 Å². The number of hydrogen-bond donors (Lipinski definition) is 0. The zero-order valence-corrected chi connectivity index (χ0v) is 18.1. The molecule has 1 aromatic heterocycles. The lowest BCUT2D eigenvalue weighted by Gasteiger charge is -2.06. The zero-order chi connectivity index (χ0) is 20.8. The van der Waals surface area contributed by atoms with Gasteiger partial charge in [-0.05, 0) is 43.5 Å². The number of amides is 1. The number of methoxy groups -OCH3 is 1. The molecule has 2 aromatic carbocycles. The standard InChI is InChI=1S/C21H22N2O4S2/c1-4-27-20(25)14-9-10-16-18(13-14)29-21(23(16)11-12-26-2)22-19(24)15-7-5-6-8-17(15)28-3/h5-10,13H,4,11-12H2,1-3H3. The molecule has 0 spiro atoms. The molecule has 3 aromatic rings. The molecular weight excluding hydrogens is 408 g/mol. The number of hydrogen-bond acceptors (Lipinski definition) is 6. The monoisotopic (exact) mass is 430 g/mol. The van der Waals surface area contributed by atoms with Crippen LogP contribution in [0.1, 0.15) is 27.6 Å². The van der Waals surface area contributed by atoms with Gasteiger partial charge >= 0.3 is 5.97 Å². The second-order valence-electron chi connectivity index (χ2n) is 6.05. The molecule has 1 heterocycles. The molecule has 0 radical (unpaired) electrons. The minimum Gasteiger partial charge on any atom is -0.462 e. The van der Waals surface area contributed by atoms with Crippen molar-refractivity contribution in [3.63, 3.8) is 0 Å². The van der Waals surface area contributed by atoms with Crippen molar-refractivity contribution >= 4 is 45.2 Å². The molecule has 0 saturated carbocycles. The van der Waals surface area contributed by atoms with Crippen LogP contribution in [0.5, 0.6) is 0 Å². The molecule has 8 heteroatoms. The van der Waals surface area contributed by atoms with Gasteiger partial charge in [-0.15, -0.1) is 11.8 Å². The lowest BCUT2D eigenvalue weighted by atomic mass is 10.2. The molecule has 0 atom stereocenters. The molecule has 1 amide bonds. The Labute approximate surface area is 177 Å². The molecular formula is C21H22N2O4S2. The van der Waals surface area contributed by atoms with Crippen LogP contribution in [0.15, 0.2) is 52.4 Å². The first kappa shape index (κ1) is 21.3. The molecule has 0 bridgehead atoms. The van der Waals surface area contributed by atoms with E-state index in [1.807, 2.05) is 35.1 Å². The van der Waals surface area contributed by atoms with Gasteiger partial charge in [0.15, 0.2) is 4.80 Å². The second kappa shape index (κ2) is 9.87. The van der Waals surface area contributed by atoms with Gasteiger partial charge in [0, 0.05) is 18.6 Å². The zero-order valence-electron chi connectivity index (χ0n) is 16.5. The highest BCUT2D eigenvalue weighted by atomic mass is 32.2. The van der Waals surface area contributed by atoms with E-state index in [0.717, 1.165) is 15.1 Å². The molecule has 152 valence electrons. The predicted molar refractivity (Wildman–Crippen MR) is 116 cm³/mol. The van der Waals surface area contributed by atoms with E-state index in [9.17, 15) is 9.59 Å². The van der Waals surface area contributed by atoms with Crippen molar-refractivity contribution in [1.82, 2.24) is 4.57 Å². The first-order valence-electron chi connectivity index (χ1n) is 9.10. The van der Waals surface area contributed by atoms with E-state index in [1.54, 1.807) is 32.2 Å². The van der Waals surface area contributed by atoms with Gasteiger partial charge < -0.3 is 14.0 Å². The third-order valence-electron chi connectivity index (χ3n) is 4.25. The number of carbonyl (C=O) groups is 2. The molecule has 0 saturated heterocycles. The number of fused-ring (bicyclic) bond motifs is 1. The molecule has 0 fully saturated rings. The van der Waals surface area contributed by atoms with Crippen LogP contribution in [0.2, 0.25) is 0 Å². The number of esters is 1. The van der Waals surface area contributed by atoms with E-state index in [1.165, 1.54) is 23.1 Å². The number of thioether (sulfide) groups is 1. The largest absolute Gasteiger partial charge is 0.462 e. The summed E-state index contributed by atoms with van der Waals surface area (Å²) in [6.45, 7) is 3.12. The number of nitrogens with zero attached hydrogens (tertiary/aromatic N) is 2. The topological polar surface area (TPSA) is 69.9 Å². The molecule has 0 N–H and O–H groups in total. The lowest BCUT2D eigenvalue weighted by Crippen LogP contribution is -2.19. The summed E-state index contributed by atoms with van der Waals surface area (Å²) in [5, 5.41) is 0. The number of aromatic nitrogens is 1. The third-order valence-corrected chi connectivity index (χ3v) is 6.08. The average Bonchev–Trinajstić information content (AvgIpc) is 3.08. The Bertz CT molecular complexity index is 1100. The fourth-order valence-corrected chi connectivity index (χ4v) is 4.55. The SMILES string of the molecule is CCOC(=O)c1ccc2c(c1)sc(=NC(=O)c1ccccc1SC)n2CCOC. The molecule has 29 heavy (non-hydrogen) atoms. The highest BCUT2D eigenvalue weighted by Gasteiger charge is 2.14. The predicted octanol–water partition coefficient (Wildman–Crippen LogP) is 3.99. The summed E-state index contributed by atoms with van der Waals surface area (Å²) in [4.78, 5) is 30.8. The van der Waals surface area contributed by atoms with Crippen molar-refractivity contribution in [2.24, 2.45) is 4.99 Å². The summed E-state index contributed by atoms with van der Waals surface area (Å²) in [7, 11) is 1.63. The van der Waals surface area contributed by atoms with Crippen molar-refractivity contribution in [1.29, 1.82) is 0 Å². The average molecular weight is 431 g/mol. The van der Waals surface area contributed by atoms with Crippen LogP contribution in [-0.4, -0.2) is 43.0 Å². The van der Waals surface area contributed by atoms with Gasteiger partial charge in [0.1, 0.15) is 0 Å². The smallest absolute Gasteiger partial charge is 0.338 e. The fraction of sp³-hybridized carbons (Fsp3) is 0.286. The maximum absolute atomic E-state index is 12.9. The number of thiazole rings is 1. The Morgan fingerprint density at radius 1 is 1.21 bits per heavy atom. The van der Waals surface area contributed by atoms with Crippen LogP contribution < -0.4 is 4.80 Å². The van der Waals surface area contributed by atoms with Gasteiger partial charge in [-0.1, -0.05) is 23.5 Å². The van der Waals surface area contributed by atoms with Crippen LogP contribution in [0, 0.1) is 0 Å². The summed E-state index contributed by atoms with van der Waals surface area (Å²) >= 11 is 2.88. The van der Waals surface area contributed by atoms with Crippen LogP contribution in [0.4, 0.5) is 0 Å². The van der Waals surface area contributed by atoms with Gasteiger partial charge in [-0.25, -0.2) is 4.79 Å². The lowest BCUT2D eigenvalue weighted by molar-refractivity contribution is 0.0526. The number of rotatable bonds is 7. The first-order valence-corrected chi connectivity index (χ1v) is 11.1. The summed E-state index contributed by atoms with van der Waals surface area (Å²) < 4.78 is 13.1. The molecule has 0 aliphatic heterocycles.